The quantitative estimate of drug-likeness (QED) is 0.127. The second-order valence-electron chi connectivity index (χ2n) is 13.0. The first kappa shape index (κ1) is 31.7. The molecule has 5 nitrogen and oxygen atoms in total. The van der Waals surface area contributed by atoms with Gasteiger partial charge in [-0.25, -0.2) is 4.79 Å². The van der Waals surface area contributed by atoms with E-state index in [9.17, 15) is 9.59 Å². The fourth-order valence-corrected chi connectivity index (χ4v) is 7.86. The van der Waals surface area contributed by atoms with Crippen molar-refractivity contribution in [3.63, 3.8) is 0 Å². The Kier molecular flexibility index (Phi) is 8.81. The fraction of sp³-hybridized carbons (Fsp3) is 0.238. The number of aryl methyl sites for hydroxylation is 1. The van der Waals surface area contributed by atoms with E-state index in [1.54, 1.807) is 0 Å². The van der Waals surface area contributed by atoms with E-state index in [1.165, 1.54) is 11.1 Å². The third kappa shape index (κ3) is 5.99. The summed E-state index contributed by atoms with van der Waals surface area (Å²) in [5.41, 5.74) is 5.87. The molecule has 0 bridgehead atoms. The molecular formula is C42H38ClNO4. The van der Waals surface area contributed by atoms with Crippen LogP contribution in [0.5, 0.6) is 0 Å². The summed E-state index contributed by atoms with van der Waals surface area (Å²) in [6.07, 6.45) is 2.57. The topological polar surface area (TPSA) is 64.6 Å². The van der Waals surface area contributed by atoms with Crippen molar-refractivity contribution in [1.82, 2.24) is 5.32 Å². The molecule has 5 aromatic carbocycles. The highest BCUT2D eigenvalue weighted by atomic mass is 35.5. The lowest BCUT2D eigenvalue weighted by Gasteiger charge is -2.37. The third-order valence-electron chi connectivity index (χ3n) is 9.91. The van der Waals surface area contributed by atoms with Gasteiger partial charge in [0.2, 0.25) is 0 Å². The van der Waals surface area contributed by atoms with Gasteiger partial charge in [-0.3, -0.25) is 4.79 Å². The number of rotatable bonds is 9. The molecule has 0 aromatic heterocycles. The van der Waals surface area contributed by atoms with Gasteiger partial charge in [-0.2, -0.15) is 0 Å². The predicted octanol–water partition coefficient (Wildman–Crippen LogP) is 9.73. The number of esters is 1. The summed E-state index contributed by atoms with van der Waals surface area (Å²) in [6.45, 7) is 2.23. The highest BCUT2D eigenvalue weighted by Gasteiger charge is 2.45. The molecule has 1 unspecified atom stereocenters. The Hall–Kier alpha value is -4.87. The predicted molar refractivity (Wildman–Crippen MR) is 189 cm³/mol. The van der Waals surface area contributed by atoms with Crippen LogP contribution in [0.15, 0.2) is 127 Å². The van der Waals surface area contributed by atoms with E-state index in [2.05, 4.69) is 29.6 Å². The zero-order chi connectivity index (χ0) is 33.1. The van der Waals surface area contributed by atoms with Crippen LogP contribution >= 0.6 is 11.6 Å². The molecule has 0 saturated heterocycles. The van der Waals surface area contributed by atoms with Crippen molar-refractivity contribution in [2.75, 3.05) is 6.61 Å². The number of ether oxygens (including phenoxy) is 2. The lowest BCUT2D eigenvalue weighted by molar-refractivity contribution is -0.155. The number of hydrogen-bond donors (Lipinski definition) is 1. The van der Waals surface area contributed by atoms with E-state index in [0.29, 0.717) is 23.4 Å². The van der Waals surface area contributed by atoms with E-state index < -0.39 is 23.2 Å². The maximum Gasteiger partial charge on any atom is 0.407 e. The molecule has 7 rings (SSSR count). The monoisotopic (exact) mass is 655 g/mol. The summed E-state index contributed by atoms with van der Waals surface area (Å²) >= 11 is 6.88. The van der Waals surface area contributed by atoms with Gasteiger partial charge in [0.1, 0.15) is 6.61 Å². The Morgan fingerprint density at radius 2 is 1.31 bits per heavy atom. The smallest absolute Gasteiger partial charge is 0.407 e. The molecule has 0 radical (unpaired) electrons. The molecule has 2 aliphatic rings. The number of nitrogens with one attached hydrogen (secondary N) is 1. The summed E-state index contributed by atoms with van der Waals surface area (Å²) in [5.74, 6) is -0.482. The Balaban J connectivity index is 1.15. The maximum absolute atomic E-state index is 14.3. The molecule has 6 heteroatoms. The lowest BCUT2D eigenvalue weighted by Crippen LogP contribution is -2.49. The molecule has 48 heavy (non-hydrogen) atoms. The summed E-state index contributed by atoms with van der Waals surface area (Å²) in [4.78, 5) is 27.8. The van der Waals surface area contributed by atoms with Gasteiger partial charge >= 0.3 is 12.1 Å². The molecular weight excluding hydrogens is 618 g/mol. The number of amides is 1. The van der Waals surface area contributed by atoms with Gasteiger partial charge < -0.3 is 14.8 Å². The molecule has 5 aromatic rings. The number of hydrogen-bond acceptors (Lipinski definition) is 4. The van der Waals surface area contributed by atoms with Crippen molar-refractivity contribution in [3.8, 4) is 11.1 Å². The minimum atomic E-state index is -1.31. The van der Waals surface area contributed by atoms with Crippen LogP contribution < -0.4 is 5.32 Å². The summed E-state index contributed by atoms with van der Waals surface area (Å²) in [6, 6.07) is 41.7. The highest BCUT2D eigenvalue weighted by molar-refractivity contribution is 6.31. The summed E-state index contributed by atoms with van der Waals surface area (Å²) < 4.78 is 12.6. The minimum Gasteiger partial charge on any atom is -0.449 e. The second-order valence-corrected chi connectivity index (χ2v) is 13.4. The van der Waals surface area contributed by atoms with Gasteiger partial charge in [-0.15, -0.1) is 0 Å². The van der Waals surface area contributed by atoms with E-state index >= 15 is 0 Å². The number of alkyl carbamates (subject to hydrolysis) is 1. The molecule has 1 amide bonds. The number of fused-ring (bicyclic) bond motifs is 3. The van der Waals surface area contributed by atoms with Crippen molar-refractivity contribution >= 4 is 23.7 Å². The van der Waals surface area contributed by atoms with Crippen LogP contribution in [0.2, 0.25) is 5.02 Å². The van der Waals surface area contributed by atoms with Crippen LogP contribution in [0.4, 0.5) is 4.79 Å². The molecule has 0 spiro atoms. The van der Waals surface area contributed by atoms with Crippen LogP contribution in [-0.2, 0) is 19.9 Å². The molecule has 0 aliphatic heterocycles. The van der Waals surface area contributed by atoms with E-state index in [0.717, 1.165) is 40.7 Å². The van der Waals surface area contributed by atoms with Crippen molar-refractivity contribution in [2.24, 2.45) is 0 Å². The third-order valence-corrected chi connectivity index (χ3v) is 10.2. The van der Waals surface area contributed by atoms with Crippen molar-refractivity contribution in [3.05, 3.63) is 166 Å². The van der Waals surface area contributed by atoms with Crippen molar-refractivity contribution in [1.29, 1.82) is 0 Å². The zero-order valence-corrected chi connectivity index (χ0v) is 27.7. The Labute approximate surface area is 286 Å². The van der Waals surface area contributed by atoms with Crippen molar-refractivity contribution in [2.45, 2.75) is 56.1 Å². The van der Waals surface area contributed by atoms with Crippen LogP contribution in [0, 0.1) is 6.92 Å². The first-order valence-electron chi connectivity index (χ1n) is 16.6. The Morgan fingerprint density at radius 1 is 0.750 bits per heavy atom. The number of carbonyl (C=O) groups is 2. The SMILES string of the molecule is Cc1ccc(C(OC(=O)CC2(NC(=O)OCC3c4ccccc4-c4ccccc43)CCCC2)(c2ccccc2)c2ccccc2Cl)cc1. The Bertz CT molecular complexity index is 1890. The van der Waals surface area contributed by atoms with Crippen LogP contribution in [0.3, 0.4) is 0 Å². The summed E-state index contributed by atoms with van der Waals surface area (Å²) in [7, 11) is 0. The van der Waals surface area contributed by atoms with Crippen LogP contribution in [0.25, 0.3) is 11.1 Å². The lowest BCUT2D eigenvalue weighted by atomic mass is 9.79. The molecule has 1 saturated carbocycles. The number of halogens is 1. The van der Waals surface area contributed by atoms with E-state index in [4.69, 9.17) is 21.1 Å². The maximum atomic E-state index is 14.3. The molecule has 1 fully saturated rings. The second kappa shape index (κ2) is 13.3. The molecule has 2 aliphatic carbocycles. The first-order valence-corrected chi connectivity index (χ1v) is 17.0. The van der Waals surface area contributed by atoms with Gasteiger partial charge in [-0.05, 0) is 48.1 Å². The average Bonchev–Trinajstić information content (AvgIpc) is 3.69. The van der Waals surface area contributed by atoms with Gasteiger partial charge in [-0.1, -0.05) is 151 Å². The number of carbonyl (C=O) groups excluding carboxylic acids is 2. The van der Waals surface area contributed by atoms with E-state index in [1.807, 2.05) is 110 Å². The van der Waals surface area contributed by atoms with Crippen LogP contribution in [0.1, 0.15) is 71.4 Å². The van der Waals surface area contributed by atoms with Gasteiger partial charge in [0.15, 0.2) is 5.60 Å². The van der Waals surface area contributed by atoms with Gasteiger partial charge in [0.05, 0.1) is 12.0 Å². The molecule has 1 N–H and O–H groups in total. The fourth-order valence-electron chi connectivity index (χ4n) is 7.59. The number of benzene rings is 5. The molecule has 0 heterocycles. The standard InChI is InChI=1S/C42H38ClNO4/c1-29-21-23-31(24-22-29)42(30-13-3-2-4-14-30,37-19-9-10-20-38(37)43)48-39(45)27-41(25-11-12-26-41)44-40(46)47-28-36-34-17-7-5-15-32(34)33-16-6-8-18-35(33)36/h2-10,13-24,36H,11-12,25-28H2,1H3,(H,44,46). The normalized spacial score (nSPS) is 16.0. The first-order chi connectivity index (χ1) is 23.4. The van der Waals surface area contributed by atoms with E-state index in [-0.39, 0.29) is 18.9 Å². The minimum absolute atomic E-state index is 0.00208. The highest BCUT2D eigenvalue weighted by Crippen LogP contribution is 2.46. The molecule has 1 atom stereocenters. The van der Waals surface area contributed by atoms with Gasteiger partial charge in [0, 0.05) is 27.6 Å². The Morgan fingerprint density at radius 3 is 1.96 bits per heavy atom. The van der Waals surface area contributed by atoms with Gasteiger partial charge in [0.25, 0.3) is 0 Å². The zero-order valence-electron chi connectivity index (χ0n) is 27.0. The molecule has 242 valence electrons. The van der Waals surface area contributed by atoms with Crippen LogP contribution in [-0.4, -0.2) is 24.2 Å². The largest absolute Gasteiger partial charge is 0.449 e. The average molecular weight is 656 g/mol. The summed E-state index contributed by atoms with van der Waals surface area (Å²) in [5, 5.41) is 3.62. The van der Waals surface area contributed by atoms with Crippen molar-refractivity contribution < 1.29 is 19.1 Å².